The van der Waals surface area contributed by atoms with E-state index in [0.717, 1.165) is 0 Å². The van der Waals surface area contributed by atoms with Gasteiger partial charge in [0.15, 0.2) is 0 Å². The molecule has 2 aliphatic carbocycles. The highest BCUT2D eigenvalue weighted by molar-refractivity contribution is 6.38. The Morgan fingerprint density at radius 2 is 1.51 bits per heavy atom. The fraction of sp³-hybridized carbons (Fsp3) is 0.824. The summed E-state index contributed by atoms with van der Waals surface area (Å²) in [7, 11) is 1.61. The number of ketones is 1. The number of amides is 6. The minimum Gasteiger partial charge on any atom is -0.444 e. The Balaban J connectivity index is 1.80. The lowest BCUT2D eigenvalue weighted by Gasteiger charge is -2.38. The second-order valence-electron chi connectivity index (χ2n) is 17.7. The molecule has 5 N–H and O–H groups in total. The lowest BCUT2D eigenvalue weighted by Crippen LogP contribution is -2.62. The molecular weight excluding hydrogens is 604 g/mol. The molecule has 3 fully saturated rings. The van der Waals surface area contributed by atoms with Crippen LogP contribution in [0.1, 0.15) is 95.4 Å². The van der Waals surface area contributed by atoms with Crippen molar-refractivity contribution in [2.24, 2.45) is 39.7 Å². The molecule has 6 atom stereocenters. The Labute approximate surface area is 279 Å². The number of likely N-dealkylation sites (tertiary alicyclic amines) is 1. The molecule has 2 saturated carbocycles. The zero-order chi connectivity index (χ0) is 36.0. The summed E-state index contributed by atoms with van der Waals surface area (Å²) in [4.78, 5) is 81.6. The number of carbonyl (C=O) groups is 6. The Hall–Kier alpha value is -3.38. The second-order valence-corrected chi connectivity index (χ2v) is 17.7. The van der Waals surface area contributed by atoms with Gasteiger partial charge in [-0.3, -0.25) is 19.2 Å². The van der Waals surface area contributed by atoms with E-state index in [1.165, 1.54) is 9.80 Å². The first kappa shape index (κ1) is 38.1. The fourth-order valence-corrected chi connectivity index (χ4v) is 6.85. The molecule has 266 valence electrons. The third-order valence-corrected chi connectivity index (χ3v) is 9.46. The van der Waals surface area contributed by atoms with E-state index in [9.17, 15) is 28.8 Å². The van der Waals surface area contributed by atoms with Gasteiger partial charge < -0.3 is 36.2 Å². The van der Waals surface area contributed by atoms with E-state index in [-0.39, 0.29) is 35.1 Å². The number of likely N-dealkylation sites (N-methyl/N-ethyl adjacent to an activating group) is 1. The number of nitrogens with two attached hydrogens (primary N) is 1. The molecular formula is C34H58N6O7. The van der Waals surface area contributed by atoms with Crippen molar-refractivity contribution in [3.05, 3.63) is 0 Å². The van der Waals surface area contributed by atoms with Gasteiger partial charge >= 0.3 is 12.1 Å². The first-order valence-corrected chi connectivity index (χ1v) is 16.7. The highest BCUT2D eigenvalue weighted by Gasteiger charge is 2.70. The lowest BCUT2D eigenvalue weighted by atomic mass is 9.85. The van der Waals surface area contributed by atoms with E-state index in [4.69, 9.17) is 10.5 Å². The number of fused-ring (bicyclic) bond motifs is 1. The van der Waals surface area contributed by atoms with Crippen molar-refractivity contribution in [2.45, 2.75) is 125 Å². The minimum absolute atomic E-state index is 0.0717. The number of ether oxygens (including phenoxy) is 1. The van der Waals surface area contributed by atoms with Crippen molar-refractivity contribution in [2.75, 3.05) is 20.1 Å². The largest absolute Gasteiger partial charge is 0.444 e. The van der Waals surface area contributed by atoms with E-state index >= 15 is 0 Å². The monoisotopic (exact) mass is 662 g/mol. The van der Waals surface area contributed by atoms with Crippen molar-refractivity contribution >= 4 is 35.6 Å². The highest BCUT2D eigenvalue weighted by Crippen LogP contribution is 2.65. The summed E-state index contributed by atoms with van der Waals surface area (Å²) in [5.41, 5.74) is 3.49. The van der Waals surface area contributed by atoms with Crippen LogP contribution in [0, 0.1) is 34.0 Å². The average Bonchev–Trinajstić information content (AvgIpc) is 3.75. The molecule has 1 heterocycles. The van der Waals surface area contributed by atoms with E-state index in [1.54, 1.807) is 27.8 Å². The van der Waals surface area contributed by atoms with E-state index in [0.29, 0.717) is 25.8 Å². The Morgan fingerprint density at radius 3 is 1.98 bits per heavy atom. The molecule has 47 heavy (non-hydrogen) atoms. The van der Waals surface area contributed by atoms with Crippen LogP contribution >= 0.6 is 0 Å². The first-order valence-electron chi connectivity index (χ1n) is 16.7. The highest BCUT2D eigenvalue weighted by atomic mass is 16.6. The van der Waals surface area contributed by atoms with E-state index in [2.05, 4.69) is 16.0 Å². The van der Waals surface area contributed by atoms with Crippen molar-refractivity contribution in [3.63, 3.8) is 0 Å². The standard InChI is InChI=1S/C34H58N6O7/c1-31(2,3)15-19(16-39(12)30(46)47-33(7,8)9)36-29(45)38-25(32(4,5)6)28(44)40-17-20-21(34(20,10)11)23(40)27(43)37-22(18-13-14-18)24(41)26(35)42/h18-23,25H,13-17H2,1-12H3,(H2,35,42)(H,37,43)(H2,36,38,45)/t19-,20-,21-,22?,23-,25+/m0/s1. The average molecular weight is 663 g/mol. The molecule has 0 spiro atoms. The predicted molar refractivity (Wildman–Crippen MR) is 177 cm³/mol. The number of carbonyl (C=O) groups excluding carboxylic acids is 6. The minimum atomic E-state index is -1.10. The molecule has 3 aliphatic rings. The third-order valence-electron chi connectivity index (χ3n) is 9.46. The first-order chi connectivity index (χ1) is 21.2. The van der Waals surface area contributed by atoms with Gasteiger partial charge in [0.1, 0.15) is 23.7 Å². The maximum Gasteiger partial charge on any atom is 0.410 e. The number of urea groups is 1. The summed E-state index contributed by atoms with van der Waals surface area (Å²) in [6.45, 7) is 21.6. The van der Waals surface area contributed by atoms with Crippen LogP contribution in [0.4, 0.5) is 9.59 Å². The fourth-order valence-electron chi connectivity index (χ4n) is 6.85. The van der Waals surface area contributed by atoms with Crippen LogP contribution < -0.4 is 21.7 Å². The molecule has 6 amide bonds. The van der Waals surface area contributed by atoms with Gasteiger partial charge in [-0.2, -0.15) is 0 Å². The quantitative estimate of drug-likeness (QED) is 0.246. The number of hydrogen-bond acceptors (Lipinski definition) is 7. The van der Waals surface area contributed by atoms with E-state index < -0.39 is 70.8 Å². The second kappa shape index (κ2) is 13.3. The van der Waals surface area contributed by atoms with Gasteiger partial charge in [0, 0.05) is 26.2 Å². The molecule has 0 aromatic rings. The van der Waals surface area contributed by atoms with Gasteiger partial charge in [-0.15, -0.1) is 0 Å². The molecule has 1 aliphatic heterocycles. The van der Waals surface area contributed by atoms with Gasteiger partial charge in [-0.05, 0) is 74.0 Å². The van der Waals surface area contributed by atoms with Gasteiger partial charge in [-0.1, -0.05) is 55.4 Å². The Bertz CT molecular complexity index is 1260. The molecule has 13 heteroatoms. The van der Waals surface area contributed by atoms with Gasteiger partial charge in [0.25, 0.3) is 5.91 Å². The maximum atomic E-state index is 14.3. The number of piperidine rings is 1. The van der Waals surface area contributed by atoms with Gasteiger partial charge in [-0.25, -0.2) is 9.59 Å². The number of nitrogens with zero attached hydrogens (tertiary/aromatic N) is 2. The van der Waals surface area contributed by atoms with Crippen molar-refractivity contribution in [1.29, 1.82) is 0 Å². The lowest BCUT2D eigenvalue weighted by molar-refractivity contribution is -0.145. The Kier molecular flexibility index (Phi) is 10.7. The van der Waals surface area contributed by atoms with Crippen LogP contribution in [0.5, 0.6) is 0 Å². The zero-order valence-electron chi connectivity index (χ0n) is 30.4. The molecule has 1 unspecified atom stereocenters. The normalized spacial score (nSPS) is 23.8. The van der Waals surface area contributed by atoms with Crippen molar-refractivity contribution < 1.29 is 33.5 Å². The van der Waals surface area contributed by atoms with Crippen LogP contribution in [0.3, 0.4) is 0 Å². The summed E-state index contributed by atoms with van der Waals surface area (Å²) in [5.74, 6) is -3.05. The van der Waals surface area contributed by atoms with Crippen LogP contribution in [0.25, 0.3) is 0 Å². The van der Waals surface area contributed by atoms with Gasteiger partial charge in [0.2, 0.25) is 17.6 Å². The molecule has 0 radical (unpaired) electrons. The predicted octanol–water partition coefficient (Wildman–Crippen LogP) is 2.80. The number of hydrogen-bond donors (Lipinski definition) is 4. The van der Waals surface area contributed by atoms with E-state index in [1.807, 2.05) is 55.4 Å². The number of nitrogens with one attached hydrogen (secondary N) is 3. The summed E-state index contributed by atoms with van der Waals surface area (Å²) in [6.07, 6.45) is 1.43. The summed E-state index contributed by atoms with van der Waals surface area (Å²) in [6, 6.07) is -3.90. The summed E-state index contributed by atoms with van der Waals surface area (Å²) < 4.78 is 5.49. The summed E-state index contributed by atoms with van der Waals surface area (Å²) >= 11 is 0. The van der Waals surface area contributed by atoms with Crippen molar-refractivity contribution in [1.82, 2.24) is 25.8 Å². The van der Waals surface area contributed by atoms with Crippen LogP contribution in [0.15, 0.2) is 0 Å². The van der Waals surface area contributed by atoms with Crippen LogP contribution in [-0.4, -0.2) is 95.3 Å². The number of Topliss-reactive ketones (excluding diaryl/α,β-unsaturated/α-hetero) is 1. The molecule has 3 rings (SSSR count). The number of rotatable bonds is 11. The SMILES string of the molecule is CN(C[C@H](CC(C)(C)C)NC(=O)N[C@H](C(=O)N1C[C@H]2[C@@H]([C@H]1C(=O)NC(C(=O)C(N)=O)C1CC1)C2(C)C)C(C)(C)C)C(=O)OC(C)(C)C. The molecule has 0 aromatic carbocycles. The topological polar surface area (TPSA) is 180 Å². The van der Waals surface area contributed by atoms with Gasteiger partial charge in [0.05, 0.1) is 0 Å². The smallest absolute Gasteiger partial charge is 0.410 e. The van der Waals surface area contributed by atoms with Crippen LogP contribution in [-0.2, 0) is 23.9 Å². The van der Waals surface area contributed by atoms with Crippen molar-refractivity contribution in [3.8, 4) is 0 Å². The third kappa shape index (κ3) is 9.59. The van der Waals surface area contributed by atoms with Crippen LogP contribution in [0.2, 0.25) is 0 Å². The molecule has 13 nitrogen and oxygen atoms in total. The maximum absolute atomic E-state index is 14.3. The molecule has 0 aromatic heterocycles. The number of primary amides is 1. The molecule has 0 bridgehead atoms. The zero-order valence-corrected chi connectivity index (χ0v) is 30.4. The molecule has 1 saturated heterocycles. The Morgan fingerprint density at radius 1 is 0.936 bits per heavy atom. The summed E-state index contributed by atoms with van der Waals surface area (Å²) in [5, 5.41) is 8.62.